The molecule has 0 saturated heterocycles. The third-order valence-electron chi connectivity index (χ3n) is 2.60. The van der Waals surface area contributed by atoms with E-state index >= 15 is 0 Å². The third-order valence-corrected chi connectivity index (χ3v) is 2.60. The summed E-state index contributed by atoms with van der Waals surface area (Å²) in [5.41, 5.74) is 2.31. The van der Waals surface area contributed by atoms with Crippen molar-refractivity contribution in [3.63, 3.8) is 0 Å². The molecule has 0 spiro atoms. The lowest BCUT2D eigenvalue weighted by Gasteiger charge is -2.10. The molecule has 2 rings (SSSR count). The van der Waals surface area contributed by atoms with E-state index in [9.17, 15) is 0 Å². The lowest BCUT2D eigenvalue weighted by atomic mass is 10.1. The summed E-state index contributed by atoms with van der Waals surface area (Å²) < 4.78 is 1.64. The summed E-state index contributed by atoms with van der Waals surface area (Å²) in [4.78, 5) is 3.94. The molecule has 0 saturated carbocycles. The monoisotopic (exact) mass is 237 g/mol. The molecule has 1 aromatic heterocycles. The smallest absolute Gasteiger partial charge is 0.177 e. The maximum atomic E-state index is 9.12. The molecule has 5 nitrogen and oxygen atoms in total. The fourth-order valence-electron chi connectivity index (χ4n) is 1.81. The van der Waals surface area contributed by atoms with Gasteiger partial charge in [-0.2, -0.15) is 10.5 Å². The van der Waals surface area contributed by atoms with Gasteiger partial charge >= 0.3 is 0 Å². The van der Waals surface area contributed by atoms with Gasteiger partial charge in [-0.05, 0) is 18.7 Å². The molecule has 0 radical (unpaired) electrons. The Labute approximate surface area is 105 Å². The summed E-state index contributed by atoms with van der Waals surface area (Å²) in [6.07, 6.45) is 1.51. The van der Waals surface area contributed by atoms with Crippen LogP contribution in [-0.4, -0.2) is 16.6 Å². The number of nitrogens with one attached hydrogen (secondary N) is 1. The minimum absolute atomic E-state index is 0.150. The summed E-state index contributed by atoms with van der Waals surface area (Å²) in [5, 5.41) is 21.1. The summed E-state index contributed by atoms with van der Waals surface area (Å²) >= 11 is 0. The van der Waals surface area contributed by atoms with Crippen LogP contribution < -0.4 is 5.32 Å². The zero-order valence-electron chi connectivity index (χ0n) is 9.88. The first-order valence-electron chi connectivity index (χ1n) is 5.42. The molecular formula is C13H11N5. The average molecular weight is 237 g/mol. The second kappa shape index (κ2) is 5.13. The number of imidazole rings is 1. The number of benzene rings is 1. The second-order valence-corrected chi connectivity index (χ2v) is 3.69. The zero-order valence-corrected chi connectivity index (χ0v) is 9.88. The van der Waals surface area contributed by atoms with Crippen LogP contribution in [0, 0.1) is 22.7 Å². The van der Waals surface area contributed by atoms with Crippen LogP contribution in [0.1, 0.15) is 17.0 Å². The van der Waals surface area contributed by atoms with Gasteiger partial charge in [-0.1, -0.05) is 18.2 Å². The molecule has 0 atom stereocenters. The van der Waals surface area contributed by atoms with E-state index in [1.807, 2.05) is 43.5 Å². The van der Waals surface area contributed by atoms with Crippen molar-refractivity contribution in [3.8, 4) is 17.8 Å². The number of hydrogen-bond acceptors (Lipinski definition) is 4. The fourth-order valence-corrected chi connectivity index (χ4v) is 1.81. The van der Waals surface area contributed by atoms with Crippen molar-refractivity contribution < 1.29 is 0 Å². The van der Waals surface area contributed by atoms with Gasteiger partial charge in [0.15, 0.2) is 11.4 Å². The van der Waals surface area contributed by atoms with Crippen molar-refractivity contribution in [1.29, 1.82) is 10.5 Å². The number of rotatable bonds is 3. The molecule has 1 N–H and O–H groups in total. The van der Waals surface area contributed by atoms with Crippen LogP contribution in [0.5, 0.6) is 0 Å². The first kappa shape index (κ1) is 11.8. The van der Waals surface area contributed by atoms with Crippen LogP contribution in [0.3, 0.4) is 0 Å². The Morgan fingerprint density at radius 1 is 1.28 bits per heavy atom. The molecule has 0 amide bonds. The molecule has 0 aliphatic carbocycles. The normalized spacial score (nSPS) is 9.72. The standard InChI is InChI=1S/C13H11N5/c1-16-8-10-4-2-3-5-12(10)18-9-17-11(6-14)13(18)7-15/h2-5,9,16H,8H2,1H3. The summed E-state index contributed by atoms with van der Waals surface area (Å²) in [5.74, 6) is 0. The van der Waals surface area contributed by atoms with Crippen LogP contribution in [0.4, 0.5) is 0 Å². The van der Waals surface area contributed by atoms with E-state index in [1.54, 1.807) is 4.57 Å². The number of nitriles is 2. The van der Waals surface area contributed by atoms with E-state index in [1.165, 1.54) is 6.33 Å². The van der Waals surface area contributed by atoms with E-state index in [4.69, 9.17) is 10.5 Å². The molecule has 18 heavy (non-hydrogen) atoms. The second-order valence-electron chi connectivity index (χ2n) is 3.69. The highest BCUT2D eigenvalue weighted by Gasteiger charge is 2.13. The van der Waals surface area contributed by atoms with E-state index < -0.39 is 0 Å². The predicted molar refractivity (Wildman–Crippen MR) is 65.8 cm³/mol. The van der Waals surface area contributed by atoms with Crippen LogP contribution in [0.2, 0.25) is 0 Å². The number of aromatic nitrogens is 2. The molecule has 1 aromatic carbocycles. The molecule has 2 aromatic rings. The molecule has 0 unspecified atom stereocenters. The maximum absolute atomic E-state index is 9.12. The lowest BCUT2D eigenvalue weighted by Crippen LogP contribution is -2.09. The average Bonchev–Trinajstić information content (AvgIpc) is 2.82. The zero-order chi connectivity index (χ0) is 13.0. The Balaban J connectivity index is 2.60. The van der Waals surface area contributed by atoms with E-state index in [0.29, 0.717) is 6.54 Å². The Morgan fingerprint density at radius 3 is 2.72 bits per heavy atom. The van der Waals surface area contributed by atoms with Gasteiger partial charge in [-0.25, -0.2) is 4.98 Å². The Morgan fingerprint density at radius 2 is 2.06 bits per heavy atom. The highest BCUT2D eigenvalue weighted by Crippen LogP contribution is 2.18. The van der Waals surface area contributed by atoms with Gasteiger partial charge < -0.3 is 5.32 Å². The Bertz CT molecular complexity index is 642. The van der Waals surface area contributed by atoms with Gasteiger partial charge in [-0.15, -0.1) is 0 Å². The quantitative estimate of drug-likeness (QED) is 0.873. The summed E-state index contributed by atoms with van der Waals surface area (Å²) in [7, 11) is 1.86. The summed E-state index contributed by atoms with van der Waals surface area (Å²) in [6, 6.07) is 11.6. The van der Waals surface area contributed by atoms with Gasteiger partial charge in [0.25, 0.3) is 0 Å². The topological polar surface area (TPSA) is 77.4 Å². The highest BCUT2D eigenvalue weighted by atomic mass is 15.1. The molecule has 5 heteroatoms. The molecular weight excluding hydrogens is 226 g/mol. The van der Waals surface area contributed by atoms with E-state index in [2.05, 4.69) is 10.3 Å². The molecule has 0 aliphatic rings. The minimum Gasteiger partial charge on any atom is -0.316 e. The molecule has 1 heterocycles. The third kappa shape index (κ3) is 1.95. The van der Waals surface area contributed by atoms with Crippen molar-refractivity contribution >= 4 is 0 Å². The van der Waals surface area contributed by atoms with Crippen molar-refractivity contribution in [3.05, 3.63) is 47.5 Å². The van der Waals surface area contributed by atoms with Crippen LogP contribution in [-0.2, 0) is 6.54 Å². The molecule has 0 aliphatic heterocycles. The lowest BCUT2D eigenvalue weighted by molar-refractivity contribution is 0.806. The molecule has 0 bridgehead atoms. The molecule has 88 valence electrons. The van der Waals surface area contributed by atoms with Crippen molar-refractivity contribution in [2.45, 2.75) is 6.54 Å². The van der Waals surface area contributed by atoms with Crippen LogP contribution in [0.25, 0.3) is 5.69 Å². The highest BCUT2D eigenvalue weighted by molar-refractivity contribution is 5.48. The van der Waals surface area contributed by atoms with E-state index in [0.717, 1.165) is 11.3 Å². The molecule has 0 fully saturated rings. The largest absolute Gasteiger partial charge is 0.316 e. The fraction of sp³-hybridized carbons (Fsp3) is 0.154. The SMILES string of the molecule is CNCc1ccccc1-n1cnc(C#N)c1C#N. The Hall–Kier alpha value is -2.63. The van der Waals surface area contributed by atoms with Gasteiger partial charge in [0, 0.05) is 6.54 Å². The van der Waals surface area contributed by atoms with Crippen molar-refractivity contribution in [1.82, 2.24) is 14.9 Å². The predicted octanol–water partition coefficient (Wildman–Crippen LogP) is 1.34. The van der Waals surface area contributed by atoms with E-state index in [-0.39, 0.29) is 11.4 Å². The minimum atomic E-state index is 0.150. The first-order chi connectivity index (χ1) is 8.81. The van der Waals surface area contributed by atoms with Gasteiger partial charge in [0.05, 0.1) is 5.69 Å². The van der Waals surface area contributed by atoms with Crippen LogP contribution >= 0.6 is 0 Å². The number of hydrogen-bond donors (Lipinski definition) is 1. The van der Waals surface area contributed by atoms with Crippen LogP contribution in [0.15, 0.2) is 30.6 Å². The van der Waals surface area contributed by atoms with Gasteiger partial charge in [-0.3, -0.25) is 4.57 Å². The van der Waals surface area contributed by atoms with Crippen molar-refractivity contribution in [2.75, 3.05) is 7.05 Å². The van der Waals surface area contributed by atoms with Gasteiger partial charge in [0.2, 0.25) is 0 Å². The first-order valence-corrected chi connectivity index (χ1v) is 5.42. The van der Waals surface area contributed by atoms with Crippen molar-refractivity contribution in [2.24, 2.45) is 0 Å². The van der Waals surface area contributed by atoms with Gasteiger partial charge in [0.1, 0.15) is 18.5 Å². The maximum Gasteiger partial charge on any atom is 0.177 e. The Kier molecular flexibility index (Phi) is 3.38. The number of nitrogens with zero attached hydrogens (tertiary/aromatic N) is 4. The summed E-state index contributed by atoms with van der Waals surface area (Å²) in [6.45, 7) is 0.682. The number of para-hydroxylation sites is 1.